The molecule has 1 saturated carbocycles. The van der Waals surface area contributed by atoms with Crippen LogP contribution in [0.5, 0.6) is 0 Å². The summed E-state index contributed by atoms with van der Waals surface area (Å²) >= 11 is 6.30. The first-order valence-corrected chi connectivity index (χ1v) is 9.56. The third-order valence-corrected chi connectivity index (χ3v) is 5.29. The van der Waals surface area contributed by atoms with Crippen LogP contribution in [0.15, 0.2) is 40.7 Å². The summed E-state index contributed by atoms with van der Waals surface area (Å²) in [4.78, 5) is 13.0. The highest BCUT2D eigenvalue weighted by atomic mass is 35.5. The summed E-state index contributed by atoms with van der Waals surface area (Å²) in [6.07, 6.45) is 2.54. The molecule has 0 aromatic heterocycles. The Kier molecular flexibility index (Phi) is 6.38. The minimum atomic E-state index is -0.724. The molecule has 1 unspecified atom stereocenters. The fourth-order valence-electron chi connectivity index (χ4n) is 3.29. The second-order valence-corrected chi connectivity index (χ2v) is 7.46. The van der Waals surface area contributed by atoms with E-state index in [0.717, 1.165) is 12.8 Å². The molecule has 3 rings (SSSR count). The maximum absolute atomic E-state index is 13.6. The fourth-order valence-corrected chi connectivity index (χ4v) is 3.57. The van der Waals surface area contributed by atoms with E-state index in [4.69, 9.17) is 21.1 Å². The molecule has 28 heavy (non-hydrogen) atoms. The van der Waals surface area contributed by atoms with Crippen LogP contribution in [0.2, 0.25) is 5.02 Å². The van der Waals surface area contributed by atoms with Gasteiger partial charge in [-0.15, -0.1) is 0 Å². The van der Waals surface area contributed by atoms with Crippen molar-refractivity contribution in [2.75, 3.05) is 20.3 Å². The van der Waals surface area contributed by atoms with E-state index in [-0.39, 0.29) is 5.02 Å². The van der Waals surface area contributed by atoms with Gasteiger partial charge in [0.2, 0.25) is 0 Å². The zero-order valence-corrected chi connectivity index (χ0v) is 16.6. The summed E-state index contributed by atoms with van der Waals surface area (Å²) in [5, 5.41) is 13.1. The minimum absolute atomic E-state index is 0.158. The number of carbonyl (C=O) groups is 1. The second-order valence-electron chi connectivity index (χ2n) is 7.05. The van der Waals surface area contributed by atoms with E-state index in [1.807, 2.05) is 0 Å². The second kappa shape index (κ2) is 8.76. The number of benzene rings is 1. The van der Waals surface area contributed by atoms with Gasteiger partial charge in [0.25, 0.3) is 0 Å². The number of rotatable bonds is 7. The van der Waals surface area contributed by atoms with E-state index in [0.29, 0.717) is 53.7 Å². The molecule has 1 aromatic carbocycles. The molecule has 0 spiro atoms. The van der Waals surface area contributed by atoms with Crippen molar-refractivity contribution in [1.29, 1.82) is 5.26 Å². The summed E-state index contributed by atoms with van der Waals surface area (Å²) in [6, 6.07) is 6.15. The number of nitriles is 1. The zero-order chi connectivity index (χ0) is 20.3. The van der Waals surface area contributed by atoms with E-state index in [1.165, 1.54) is 18.2 Å². The van der Waals surface area contributed by atoms with Gasteiger partial charge in [-0.1, -0.05) is 17.7 Å². The SMILES string of the molecule is COCCC1=C(C(=O)OCC2CC2)C(c2ccc(F)cc2Cl)C(C#N)=C(C)N1. The molecule has 5 nitrogen and oxygen atoms in total. The molecule has 0 bridgehead atoms. The third kappa shape index (κ3) is 4.37. The molecule has 0 saturated heterocycles. The minimum Gasteiger partial charge on any atom is -0.462 e. The van der Waals surface area contributed by atoms with Gasteiger partial charge in [-0.25, -0.2) is 9.18 Å². The van der Waals surface area contributed by atoms with Gasteiger partial charge >= 0.3 is 5.97 Å². The fraction of sp³-hybridized carbons (Fsp3) is 0.429. The first-order valence-electron chi connectivity index (χ1n) is 9.18. The summed E-state index contributed by atoms with van der Waals surface area (Å²) in [7, 11) is 1.58. The van der Waals surface area contributed by atoms with Crippen LogP contribution in [-0.2, 0) is 14.3 Å². The molecular weight excluding hydrogens is 383 g/mol. The Labute approximate surface area is 168 Å². The number of allylic oxidation sites excluding steroid dienone is 2. The maximum Gasteiger partial charge on any atom is 0.336 e. The Morgan fingerprint density at radius 1 is 1.43 bits per heavy atom. The van der Waals surface area contributed by atoms with Crippen molar-refractivity contribution in [2.45, 2.75) is 32.1 Å². The quantitative estimate of drug-likeness (QED) is 0.689. The number of nitrogens with one attached hydrogen (secondary N) is 1. The molecule has 0 radical (unpaired) electrons. The molecular formula is C21H22ClFN2O3. The van der Waals surface area contributed by atoms with Crippen molar-refractivity contribution >= 4 is 17.6 Å². The monoisotopic (exact) mass is 404 g/mol. The van der Waals surface area contributed by atoms with Gasteiger partial charge in [-0.05, 0) is 43.4 Å². The van der Waals surface area contributed by atoms with Crippen LogP contribution >= 0.6 is 11.6 Å². The lowest BCUT2D eigenvalue weighted by Gasteiger charge is -2.30. The van der Waals surface area contributed by atoms with Crippen molar-refractivity contribution in [3.63, 3.8) is 0 Å². The third-order valence-electron chi connectivity index (χ3n) is 4.96. The van der Waals surface area contributed by atoms with E-state index < -0.39 is 17.7 Å². The van der Waals surface area contributed by atoms with Gasteiger partial charge in [0.1, 0.15) is 5.82 Å². The highest BCUT2D eigenvalue weighted by molar-refractivity contribution is 6.31. The van der Waals surface area contributed by atoms with Gasteiger partial charge in [0, 0.05) is 29.9 Å². The first-order chi connectivity index (χ1) is 13.5. The molecule has 1 aliphatic heterocycles. The van der Waals surface area contributed by atoms with E-state index in [9.17, 15) is 14.4 Å². The van der Waals surface area contributed by atoms with E-state index in [2.05, 4.69) is 11.4 Å². The Bertz CT molecular complexity index is 884. The Morgan fingerprint density at radius 2 is 2.18 bits per heavy atom. The number of ether oxygens (including phenoxy) is 2. The molecule has 1 aliphatic carbocycles. The lowest BCUT2D eigenvalue weighted by atomic mass is 9.80. The number of nitrogens with zero attached hydrogens (tertiary/aromatic N) is 1. The van der Waals surface area contributed by atoms with Crippen molar-refractivity contribution < 1.29 is 18.7 Å². The van der Waals surface area contributed by atoms with Crippen LogP contribution in [0.3, 0.4) is 0 Å². The van der Waals surface area contributed by atoms with Gasteiger partial charge < -0.3 is 14.8 Å². The van der Waals surface area contributed by atoms with Gasteiger partial charge in [-0.2, -0.15) is 5.26 Å². The average Bonchev–Trinajstić information content (AvgIpc) is 3.48. The van der Waals surface area contributed by atoms with Gasteiger partial charge in [0.15, 0.2) is 0 Å². The predicted octanol–water partition coefficient (Wildman–Crippen LogP) is 4.21. The number of carbonyl (C=O) groups excluding carboxylic acids is 1. The van der Waals surface area contributed by atoms with Crippen LogP contribution in [0, 0.1) is 23.1 Å². The molecule has 7 heteroatoms. The Morgan fingerprint density at radius 3 is 2.79 bits per heavy atom. The maximum atomic E-state index is 13.6. The number of hydrogen-bond donors (Lipinski definition) is 1. The van der Waals surface area contributed by atoms with Gasteiger partial charge in [0.05, 0.1) is 36.3 Å². The van der Waals surface area contributed by atoms with Crippen molar-refractivity contribution in [2.24, 2.45) is 5.92 Å². The molecule has 2 aliphatic rings. The van der Waals surface area contributed by atoms with Crippen molar-refractivity contribution in [1.82, 2.24) is 5.32 Å². The topological polar surface area (TPSA) is 71.3 Å². The zero-order valence-electron chi connectivity index (χ0n) is 15.9. The summed E-state index contributed by atoms with van der Waals surface area (Å²) in [5.41, 5.74) is 2.43. The lowest BCUT2D eigenvalue weighted by molar-refractivity contribution is -0.139. The number of halogens is 2. The van der Waals surface area contributed by atoms with Crippen LogP contribution in [0.25, 0.3) is 0 Å². The van der Waals surface area contributed by atoms with E-state index in [1.54, 1.807) is 14.0 Å². The van der Waals surface area contributed by atoms with Crippen LogP contribution in [-0.4, -0.2) is 26.3 Å². The largest absolute Gasteiger partial charge is 0.462 e. The molecule has 1 heterocycles. The van der Waals surface area contributed by atoms with Crippen molar-refractivity contribution in [3.05, 3.63) is 57.1 Å². The van der Waals surface area contributed by atoms with Crippen LogP contribution < -0.4 is 5.32 Å². The lowest BCUT2D eigenvalue weighted by Crippen LogP contribution is -2.30. The normalized spacial score (nSPS) is 19.3. The molecule has 1 aromatic rings. The standard InChI is InChI=1S/C21H22ClFN2O3/c1-12-16(10-24)19(15-6-5-14(23)9-17(15)22)20(18(25-12)7-8-27-2)21(26)28-11-13-3-4-13/h5-6,9,13,19,25H,3-4,7-8,11H2,1-2H3. The van der Waals surface area contributed by atoms with Crippen molar-refractivity contribution in [3.8, 4) is 6.07 Å². The molecule has 148 valence electrons. The number of esters is 1. The molecule has 1 N–H and O–H groups in total. The average molecular weight is 405 g/mol. The highest BCUT2D eigenvalue weighted by Crippen LogP contribution is 2.42. The number of hydrogen-bond acceptors (Lipinski definition) is 5. The van der Waals surface area contributed by atoms with E-state index >= 15 is 0 Å². The smallest absolute Gasteiger partial charge is 0.336 e. The van der Waals surface area contributed by atoms with Crippen LogP contribution in [0.4, 0.5) is 4.39 Å². The number of dihydropyridines is 1. The predicted molar refractivity (Wildman–Crippen MR) is 103 cm³/mol. The Balaban J connectivity index is 2.08. The summed E-state index contributed by atoms with van der Waals surface area (Å²) < 4.78 is 24.3. The van der Waals surface area contributed by atoms with Gasteiger partial charge in [-0.3, -0.25) is 0 Å². The first kappa shape index (κ1) is 20.4. The summed E-state index contributed by atoms with van der Waals surface area (Å²) in [5.74, 6) is -1.29. The molecule has 0 amide bonds. The number of methoxy groups -OCH3 is 1. The molecule has 1 fully saturated rings. The Hall–Kier alpha value is -2.36. The summed E-state index contributed by atoms with van der Waals surface area (Å²) in [6.45, 7) is 2.51. The highest BCUT2D eigenvalue weighted by Gasteiger charge is 2.37. The van der Waals surface area contributed by atoms with Crippen LogP contribution in [0.1, 0.15) is 37.7 Å². The molecule has 1 atom stereocenters.